The lowest BCUT2D eigenvalue weighted by molar-refractivity contribution is -0.00463. The quantitative estimate of drug-likeness (QED) is 0.696. The van der Waals surface area contributed by atoms with Gasteiger partial charge in [-0.25, -0.2) is 4.79 Å². The zero-order valence-electron chi connectivity index (χ0n) is 20.0. The fourth-order valence-electron chi connectivity index (χ4n) is 5.23. The Morgan fingerprint density at radius 1 is 1.12 bits per heavy atom. The van der Waals surface area contributed by atoms with Crippen LogP contribution in [-0.4, -0.2) is 61.5 Å². The molecule has 1 unspecified atom stereocenters. The summed E-state index contributed by atoms with van der Waals surface area (Å²) in [7, 11) is 0. The fraction of sp³-hybridized carbons (Fsp3) is 0.731. The maximum atomic E-state index is 12.6. The van der Waals surface area contributed by atoms with Gasteiger partial charge in [-0.3, -0.25) is 4.90 Å². The van der Waals surface area contributed by atoms with Gasteiger partial charge in [0.25, 0.3) is 0 Å². The SMILES string of the molecule is CC(C)COc1ccccc1CN1CCC2(CC1)CCN(C(=O)NC1CCCCO1)CC2. The molecule has 0 bridgehead atoms. The molecule has 1 N–H and O–H groups in total. The zero-order valence-corrected chi connectivity index (χ0v) is 20.0. The number of urea groups is 1. The number of carbonyl (C=O) groups excluding carboxylic acids is 1. The van der Waals surface area contributed by atoms with Crippen molar-refractivity contribution in [3.63, 3.8) is 0 Å². The Balaban J connectivity index is 1.23. The first kappa shape index (κ1) is 23.4. The van der Waals surface area contributed by atoms with E-state index in [1.165, 1.54) is 18.4 Å². The molecule has 1 spiro atoms. The molecule has 1 aromatic carbocycles. The Bertz CT molecular complexity index is 730. The number of likely N-dealkylation sites (tertiary alicyclic amines) is 2. The average Bonchev–Trinajstić information content (AvgIpc) is 2.81. The van der Waals surface area contributed by atoms with Crippen LogP contribution in [-0.2, 0) is 11.3 Å². The zero-order chi connectivity index (χ0) is 22.4. The summed E-state index contributed by atoms with van der Waals surface area (Å²) in [6.07, 6.45) is 7.77. The molecule has 0 radical (unpaired) electrons. The molecule has 178 valence electrons. The van der Waals surface area contributed by atoms with Crippen molar-refractivity contribution in [3.05, 3.63) is 29.8 Å². The summed E-state index contributed by atoms with van der Waals surface area (Å²) in [6.45, 7) is 10.8. The van der Waals surface area contributed by atoms with Gasteiger partial charge in [-0.2, -0.15) is 0 Å². The van der Waals surface area contributed by atoms with E-state index in [0.29, 0.717) is 11.3 Å². The number of para-hydroxylation sites is 1. The van der Waals surface area contributed by atoms with E-state index in [1.807, 2.05) is 4.90 Å². The van der Waals surface area contributed by atoms with Crippen LogP contribution in [0.15, 0.2) is 24.3 Å². The smallest absolute Gasteiger partial charge is 0.319 e. The van der Waals surface area contributed by atoms with Crippen molar-refractivity contribution in [2.75, 3.05) is 39.4 Å². The van der Waals surface area contributed by atoms with Crippen molar-refractivity contribution >= 4 is 6.03 Å². The van der Waals surface area contributed by atoms with Gasteiger partial charge in [0, 0.05) is 31.8 Å². The normalized spacial score (nSPS) is 24.0. The highest BCUT2D eigenvalue weighted by Crippen LogP contribution is 2.41. The van der Waals surface area contributed by atoms with Crippen LogP contribution in [0.5, 0.6) is 5.75 Å². The van der Waals surface area contributed by atoms with Gasteiger partial charge in [-0.15, -0.1) is 0 Å². The number of amides is 2. The van der Waals surface area contributed by atoms with E-state index in [9.17, 15) is 4.79 Å². The molecule has 3 aliphatic heterocycles. The minimum absolute atomic E-state index is 0.0576. The van der Waals surface area contributed by atoms with E-state index in [-0.39, 0.29) is 12.3 Å². The molecule has 6 heteroatoms. The molecule has 32 heavy (non-hydrogen) atoms. The second kappa shape index (κ2) is 10.9. The summed E-state index contributed by atoms with van der Waals surface area (Å²) in [5, 5.41) is 3.08. The van der Waals surface area contributed by atoms with Crippen molar-refractivity contribution < 1.29 is 14.3 Å². The van der Waals surface area contributed by atoms with Gasteiger partial charge >= 0.3 is 6.03 Å². The maximum Gasteiger partial charge on any atom is 0.319 e. The van der Waals surface area contributed by atoms with Crippen LogP contribution in [0.2, 0.25) is 0 Å². The topological polar surface area (TPSA) is 54.0 Å². The van der Waals surface area contributed by atoms with E-state index in [1.54, 1.807) is 0 Å². The highest BCUT2D eigenvalue weighted by Gasteiger charge is 2.38. The number of hydrogen-bond donors (Lipinski definition) is 1. The Labute approximate surface area is 193 Å². The number of nitrogens with one attached hydrogen (secondary N) is 1. The first-order valence-electron chi connectivity index (χ1n) is 12.6. The van der Waals surface area contributed by atoms with Crippen LogP contribution < -0.4 is 10.1 Å². The van der Waals surface area contributed by atoms with E-state index < -0.39 is 0 Å². The highest BCUT2D eigenvalue weighted by atomic mass is 16.5. The monoisotopic (exact) mass is 443 g/mol. The molecule has 3 heterocycles. The number of rotatable bonds is 6. The molecular weight excluding hydrogens is 402 g/mol. The van der Waals surface area contributed by atoms with Crippen molar-refractivity contribution in [2.24, 2.45) is 11.3 Å². The lowest BCUT2D eigenvalue weighted by Gasteiger charge is -2.47. The lowest BCUT2D eigenvalue weighted by atomic mass is 9.71. The fourth-order valence-corrected chi connectivity index (χ4v) is 5.23. The maximum absolute atomic E-state index is 12.6. The number of hydrogen-bond acceptors (Lipinski definition) is 4. The van der Waals surface area contributed by atoms with Crippen molar-refractivity contribution in [2.45, 2.75) is 71.6 Å². The summed E-state index contributed by atoms with van der Waals surface area (Å²) in [4.78, 5) is 17.2. The van der Waals surface area contributed by atoms with E-state index in [0.717, 1.165) is 83.8 Å². The van der Waals surface area contributed by atoms with Crippen LogP contribution in [0.4, 0.5) is 4.79 Å². The van der Waals surface area contributed by atoms with Crippen LogP contribution in [0, 0.1) is 11.3 Å². The number of benzene rings is 1. The van der Waals surface area contributed by atoms with Gasteiger partial charge in [-0.1, -0.05) is 32.0 Å². The predicted octanol–water partition coefficient (Wildman–Crippen LogP) is 4.64. The first-order chi connectivity index (χ1) is 15.5. The molecule has 3 aliphatic rings. The van der Waals surface area contributed by atoms with Gasteiger partial charge in [0.05, 0.1) is 6.61 Å². The van der Waals surface area contributed by atoms with E-state index in [4.69, 9.17) is 9.47 Å². The summed E-state index contributed by atoms with van der Waals surface area (Å²) >= 11 is 0. The first-order valence-corrected chi connectivity index (χ1v) is 12.6. The summed E-state index contributed by atoms with van der Waals surface area (Å²) in [6, 6.07) is 8.54. The van der Waals surface area contributed by atoms with Crippen LogP contribution >= 0.6 is 0 Å². The number of carbonyl (C=O) groups is 1. The Hall–Kier alpha value is -1.79. The number of ether oxygens (including phenoxy) is 2. The number of nitrogens with zero attached hydrogens (tertiary/aromatic N) is 2. The second-order valence-electron chi connectivity index (χ2n) is 10.4. The molecule has 0 aliphatic carbocycles. The van der Waals surface area contributed by atoms with Crippen LogP contribution in [0.25, 0.3) is 0 Å². The summed E-state index contributed by atoms with van der Waals surface area (Å²) in [5.74, 6) is 1.56. The molecule has 2 amide bonds. The van der Waals surface area contributed by atoms with Crippen molar-refractivity contribution in [1.82, 2.24) is 15.1 Å². The molecule has 0 saturated carbocycles. The van der Waals surface area contributed by atoms with Gasteiger partial charge in [0.1, 0.15) is 12.0 Å². The molecule has 1 atom stereocenters. The molecule has 6 nitrogen and oxygen atoms in total. The summed E-state index contributed by atoms with van der Waals surface area (Å²) < 4.78 is 11.7. The minimum Gasteiger partial charge on any atom is -0.493 e. The lowest BCUT2D eigenvalue weighted by Crippen LogP contribution is -2.52. The van der Waals surface area contributed by atoms with Gasteiger partial charge in [-0.05, 0) is 75.4 Å². The van der Waals surface area contributed by atoms with E-state index in [2.05, 4.69) is 48.3 Å². The van der Waals surface area contributed by atoms with Gasteiger partial charge in [0.15, 0.2) is 0 Å². The molecule has 1 aromatic rings. The molecular formula is C26H41N3O3. The van der Waals surface area contributed by atoms with Crippen molar-refractivity contribution in [3.8, 4) is 5.75 Å². The molecule has 3 fully saturated rings. The highest BCUT2D eigenvalue weighted by molar-refractivity contribution is 5.74. The Kier molecular flexibility index (Phi) is 7.95. The standard InChI is InChI=1S/C26H41N3O3/c1-21(2)20-32-23-8-4-3-7-22(23)19-28-14-10-26(11-15-28)12-16-29(17-13-26)25(30)27-24-9-5-6-18-31-24/h3-4,7-8,21,24H,5-6,9-20H2,1-2H3,(H,27,30). The van der Waals surface area contributed by atoms with Crippen LogP contribution in [0.1, 0.15) is 64.4 Å². The Morgan fingerprint density at radius 3 is 2.53 bits per heavy atom. The Morgan fingerprint density at radius 2 is 1.84 bits per heavy atom. The van der Waals surface area contributed by atoms with Crippen LogP contribution in [0.3, 0.4) is 0 Å². The molecule has 3 saturated heterocycles. The van der Waals surface area contributed by atoms with E-state index >= 15 is 0 Å². The minimum atomic E-state index is -0.0947. The van der Waals surface area contributed by atoms with Crippen molar-refractivity contribution in [1.29, 1.82) is 0 Å². The third-order valence-corrected chi connectivity index (χ3v) is 7.43. The molecule has 0 aromatic heterocycles. The third kappa shape index (κ3) is 6.16. The largest absolute Gasteiger partial charge is 0.493 e. The predicted molar refractivity (Wildman–Crippen MR) is 127 cm³/mol. The summed E-state index contributed by atoms with van der Waals surface area (Å²) in [5.41, 5.74) is 1.70. The number of piperidine rings is 2. The third-order valence-electron chi connectivity index (χ3n) is 7.43. The van der Waals surface area contributed by atoms with Gasteiger partial charge in [0.2, 0.25) is 0 Å². The molecule has 4 rings (SSSR count). The second-order valence-corrected chi connectivity index (χ2v) is 10.4. The average molecular weight is 444 g/mol. The van der Waals surface area contributed by atoms with Gasteiger partial charge < -0.3 is 19.7 Å².